The molecule has 36 heavy (non-hydrogen) atoms. The van der Waals surface area contributed by atoms with Gasteiger partial charge in [-0.05, 0) is 79.7 Å². The molecule has 0 bridgehead atoms. The van der Waals surface area contributed by atoms with Gasteiger partial charge in [0.1, 0.15) is 17.9 Å². The Hall–Kier alpha value is -4.44. The Morgan fingerprint density at radius 2 is 1.92 bits per heavy atom. The predicted molar refractivity (Wildman–Crippen MR) is 135 cm³/mol. The number of carbonyl (C=O) groups excluding carboxylic acids is 2. The number of thiocarbonyl (C=S) groups is 1. The maximum Gasteiger partial charge on any atom is 0.371 e. The van der Waals surface area contributed by atoms with Gasteiger partial charge in [-0.25, -0.2) is 4.79 Å². The van der Waals surface area contributed by atoms with Crippen LogP contribution in [0, 0.1) is 6.92 Å². The van der Waals surface area contributed by atoms with Crippen molar-refractivity contribution in [3.05, 3.63) is 82.8 Å². The van der Waals surface area contributed by atoms with Crippen LogP contribution in [0.1, 0.15) is 34.4 Å². The fraction of sp³-hybridized carbons (Fsp3) is 0.154. The van der Waals surface area contributed by atoms with Gasteiger partial charge in [0, 0.05) is 0 Å². The summed E-state index contributed by atoms with van der Waals surface area (Å²) in [7, 11) is 0. The number of aromatic carboxylic acids is 1. The molecule has 10 heteroatoms. The Morgan fingerprint density at radius 1 is 1.11 bits per heavy atom. The highest BCUT2D eigenvalue weighted by Crippen LogP contribution is 2.31. The number of carbonyl (C=O) groups is 3. The molecule has 0 unspecified atom stereocenters. The van der Waals surface area contributed by atoms with Gasteiger partial charge in [-0.1, -0.05) is 18.2 Å². The van der Waals surface area contributed by atoms with E-state index in [1.807, 2.05) is 13.0 Å². The molecule has 1 fully saturated rings. The van der Waals surface area contributed by atoms with E-state index in [2.05, 4.69) is 5.32 Å². The number of hydrogen-bond acceptors (Lipinski definition) is 7. The molecule has 1 aliphatic heterocycles. The van der Waals surface area contributed by atoms with Crippen LogP contribution in [0.4, 0.5) is 5.69 Å². The fourth-order valence-corrected chi connectivity index (χ4v) is 3.83. The zero-order chi connectivity index (χ0) is 25.8. The average molecular weight is 507 g/mol. The molecular weight excluding hydrogens is 484 g/mol. The van der Waals surface area contributed by atoms with Crippen LogP contribution in [0.15, 0.2) is 64.6 Å². The summed E-state index contributed by atoms with van der Waals surface area (Å²) >= 11 is 5.25. The highest BCUT2D eigenvalue weighted by Gasteiger charge is 2.34. The number of amides is 2. The van der Waals surface area contributed by atoms with E-state index in [9.17, 15) is 14.4 Å². The number of furan rings is 1. The number of aryl methyl sites for hydroxylation is 1. The molecule has 0 radical (unpaired) electrons. The maximum absolute atomic E-state index is 13.3. The highest BCUT2D eigenvalue weighted by molar-refractivity contribution is 7.80. The first-order valence-corrected chi connectivity index (χ1v) is 11.4. The van der Waals surface area contributed by atoms with Crippen molar-refractivity contribution in [1.82, 2.24) is 5.32 Å². The summed E-state index contributed by atoms with van der Waals surface area (Å²) < 4.78 is 16.6. The molecule has 1 aliphatic rings. The second kappa shape index (κ2) is 10.4. The summed E-state index contributed by atoms with van der Waals surface area (Å²) in [6.45, 7) is 4.03. The topological polar surface area (TPSA) is 118 Å². The first-order chi connectivity index (χ1) is 17.3. The second-order valence-corrected chi connectivity index (χ2v) is 8.18. The van der Waals surface area contributed by atoms with Gasteiger partial charge in [0.2, 0.25) is 5.76 Å². The second-order valence-electron chi connectivity index (χ2n) is 7.80. The van der Waals surface area contributed by atoms with Crippen LogP contribution in [0.25, 0.3) is 6.08 Å². The normalized spacial score (nSPS) is 14.7. The smallest absolute Gasteiger partial charge is 0.371 e. The number of carboxylic acids is 1. The minimum Gasteiger partial charge on any atom is -0.490 e. The molecule has 0 atom stereocenters. The van der Waals surface area contributed by atoms with Gasteiger partial charge in [0.15, 0.2) is 16.6 Å². The van der Waals surface area contributed by atoms with E-state index in [4.69, 9.17) is 31.2 Å². The molecule has 0 aliphatic carbocycles. The van der Waals surface area contributed by atoms with Crippen molar-refractivity contribution in [1.29, 1.82) is 0 Å². The molecule has 184 valence electrons. The Balaban J connectivity index is 1.59. The van der Waals surface area contributed by atoms with E-state index in [-0.39, 0.29) is 23.1 Å². The Labute approximate surface area is 211 Å². The number of hydrogen-bond donors (Lipinski definition) is 2. The van der Waals surface area contributed by atoms with Gasteiger partial charge < -0.3 is 19.0 Å². The molecule has 2 amide bonds. The SMILES string of the molecule is CCOc1cc(C=C2C(=O)NC(=S)N(c3cccc(C)c3)C2=O)ccc1OCc1ccc(C(=O)O)o1. The van der Waals surface area contributed by atoms with Crippen molar-refractivity contribution >= 4 is 46.9 Å². The molecule has 4 rings (SSSR count). The molecule has 2 N–H and O–H groups in total. The number of ether oxygens (including phenoxy) is 2. The van der Waals surface area contributed by atoms with Gasteiger partial charge in [-0.3, -0.25) is 19.8 Å². The van der Waals surface area contributed by atoms with Crippen molar-refractivity contribution in [3.63, 3.8) is 0 Å². The molecule has 2 heterocycles. The third kappa shape index (κ3) is 5.28. The van der Waals surface area contributed by atoms with Crippen molar-refractivity contribution in [2.75, 3.05) is 11.5 Å². The van der Waals surface area contributed by atoms with Gasteiger partial charge >= 0.3 is 5.97 Å². The van der Waals surface area contributed by atoms with Crippen molar-refractivity contribution in [3.8, 4) is 11.5 Å². The van der Waals surface area contributed by atoms with Crippen LogP contribution in [0.2, 0.25) is 0 Å². The largest absolute Gasteiger partial charge is 0.490 e. The number of nitrogens with one attached hydrogen (secondary N) is 1. The van der Waals surface area contributed by atoms with Crippen molar-refractivity contribution in [2.24, 2.45) is 0 Å². The number of anilines is 1. The molecule has 0 saturated carbocycles. The van der Waals surface area contributed by atoms with Crippen LogP contribution >= 0.6 is 12.2 Å². The van der Waals surface area contributed by atoms with Crippen molar-refractivity contribution < 1.29 is 33.4 Å². The molecule has 9 nitrogen and oxygen atoms in total. The van der Waals surface area contributed by atoms with Gasteiger partial charge in [0.05, 0.1) is 12.3 Å². The predicted octanol–water partition coefficient (Wildman–Crippen LogP) is 4.10. The standard InChI is InChI=1S/C26H22N2O7S/c1-3-33-22-13-16(7-9-20(22)34-14-18-8-10-21(35-18)25(31)32)12-19-23(29)27-26(36)28(24(19)30)17-6-4-5-15(2)11-17/h4-13H,3,14H2,1-2H3,(H,31,32)(H,27,29,36). The lowest BCUT2D eigenvalue weighted by Gasteiger charge is -2.29. The molecule has 2 aromatic carbocycles. The zero-order valence-electron chi connectivity index (χ0n) is 19.4. The minimum absolute atomic E-state index is 0.00971. The van der Waals surface area contributed by atoms with Gasteiger partial charge in [0.25, 0.3) is 11.8 Å². The summed E-state index contributed by atoms with van der Waals surface area (Å²) in [6, 6.07) is 15.0. The summed E-state index contributed by atoms with van der Waals surface area (Å²) in [6.07, 6.45) is 1.46. The first kappa shape index (κ1) is 24.7. The Bertz CT molecular complexity index is 1390. The average Bonchev–Trinajstić information content (AvgIpc) is 3.31. The van der Waals surface area contributed by atoms with E-state index in [1.54, 1.807) is 43.3 Å². The van der Waals surface area contributed by atoms with Crippen LogP contribution in [-0.4, -0.2) is 34.6 Å². The molecule has 0 spiro atoms. The van der Waals surface area contributed by atoms with Crippen molar-refractivity contribution in [2.45, 2.75) is 20.5 Å². The lowest BCUT2D eigenvalue weighted by atomic mass is 10.1. The third-order valence-electron chi connectivity index (χ3n) is 5.18. The molecule has 1 aromatic heterocycles. The van der Waals surface area contributed by atoms with Crippen LogP contribution in [0.5, 0.6) is 11.5 Å². The summed E-state index contributed by atoms with van der Waals surface area (Å²) in [5.74, 6) is -1.40. The summed E-state index contributed by atoms with van der Waals surface area (Å²) in [5.41, 5.74) is 1.94. The lowest BCUT2D eigenvalue weighted by molar-refractivity contribution is -0.122. The van der Waals surface area contributed by atoms with E-state index in [0.29, 0.717) is 35.1 Å². The number of benzene rings is 2. The number of carboxylic acid groups (broad SMARTS) is 1. The Morgan fingerprint density at radius 3 is 2.61 bits per heavy atom. The van der Waals surface area contributed by atoms with E-state index >= 15 is 0 Å². The minimum atomic E-state index is -1.17. The molecular formula is C26H22N2O7S. The molecule has 1 saturated heterocycles. The fourth-order valence-electron chi connectivity index (χ4n) is 3.55. The van der Waals surface area contributed by atoms with Crippen LogP contribution < -0.4 is 19.7 Å². The van der Waals surface area contributed by atoms with Crippen LogP contribution in [0.3, 0.4) is 0 Å². The van der Waals surface area contributed by atoms with E-state index in [0.717, 1.165) is 5.56 Å². The van der Waals surface area contributed by atoms with Gasteiger partial charge in [-0.15, -0.1) is 0 Å². The van der Waals surface area contributed by atoms with E-state index in [1.165, 1.54) is 23.1 Å². The third-order valence-corrected chi connectivity index (χ3v) is 5.47. The Kier molecular flexibility index (Phi) is 7.16. The van der Waals surface area contributed by atoms with Gasteiger partial charge in [-0.2, -0.15) is 0 Å². The molecule has 3 aromatic rings. The summed E-state index contributed by atoms with van der Waals surface area (Å²) in [5, 5.41) is 11.6. The quantitative estimate of drug-likeness (QED) is 0.266. The highest BCUT2D eigenvalue weighted by atomic mass is 32.1. The van der Waals surface area contributed by atoms with E-state index < -0.39 is 17.8 Å². The lowest BCUT2D eigenvalue weighted by Crippen LogP contribution is -2.54. The van der Waals surface area contributed by atoms with Crippen LogP contribution in [-0.2, 0) is 16.2 Å². The number of nitrogens with zero attached hydrogens (tertiary/aromatic N) is 1. The monoisotopic (exact) mass is 506 g/mol. The first-order valence-electron chi connectivity index (χ1n) is 11.0. The zero-order valence-corrected chi connectivity index (χ0v) is 20.3. The maximum atomic E-state index is 13.3. The number of rotatable bonds is 8. The summed E-state index contributed by atoms with van der Waals surface area (Å²) in [4.78, 5) is 38.1.